The monoisotopic (exact) mass is 539 g/mol. The second-order valence-electron chi connectivity index (χ2n) is 9.03. The molecule has 2 atom stereocenters. The second kappa shape index (κ2) is 16.1. The first kappa shape index (κ1) is 30.3. The van der Waals surface area contributed by atoms with Crippen LogP contribution in [0.3, 0.4) is 0 Å². The zero-order chi connectivity index (χ0) is 26.5. The maximum Gasteiger partial charge on any atom is 0.352 e. The molecule has 0 aromatic carbocycles. The van der Waals surface area contributed by atoms with Crippen LogP contribution in [-0.2, 0) is 20.8 Å². The number of unbranched alkanes of at least 4 members (excludes halogenated alkanes) is 3. The molecule has 3 rings (SSSR count). The molecule has 0 radical (unpaired) electrons. The van der Waals surface area contributed by atoms with Gasteiger partial charge in [-0.2, -0.15) is 0 Å². The Labute approximate surface area is 223 Å². The van der Waals surface area contributed by atoms with E-state index >= 15 is 0 Å². The van der Waals surface area contributed by atoms with Gasteiger partial charge in [0, 0.05) is 10.6 Å². The number of carboxylic acids is 1. The summed E-state index contributed by atoms with van der Waals surface area (Å²) in [4.78, 5) is 40.3. The molecule has 0 unspecified atom stereocenters. The summed E-state index contributed by atoms with van der Waals surface area (Å²) in [5.74, 6) is -1.63. The number of β-lactam (4-membered cyclic amide) rings is 1. The lowest BCUT2D eigenvalue weighted by molar-refractivity contribution is -0.150. The molecule has 0 bridgehead atoms. The molecular weight excluding hydrogens is 498 g/mol. The summed E-state index contributed by atoms with van der Waals surface area (Å²) in [6.07, 6.45) is 8.29. The molecule has 2 aliphatic heterocycles. The summed E-state index contributed by atoms with van der Waals surface area (Å²) in [6, 6.07) is 2.97. The van der Waals surface area contributed by atoms with Gasteiger partial charge in [-0.25, -0.2) is 4.79 Å². The van der Waals surface area contributed by atoms with Crippen molar-refractivity contribution in [1.29, 1.82) is 0 Å². The van der Waals surface area contributed by atoms with Crippen LogP contribution in [0.2, 0.25) is 0 Å². The van der Waals surface area contributed by atoms with Crippen molar-refractivity contribution in [3.05, 3.63) is 33.7 Å². The summed E-state index contributed by atoms with van der Waals surface area (Å²) in [5, 5.41) is 22.6. The molecule has 36 heavy (non-hydrogen) atoms. The van der Waals surface area contributed by atoms with Crippen LogP contribution in [0.15, 0.2) is 28.8 Å². The maximum atomic E-state index is 12.2. The maximum absolute atomic E-state index is 12.2. The Morgan fingerprint density at radius 1 is 1.11 bits per heavy atom. The molecule has 3 N–H and O–H groups in total. The van der Waals surface area contributed by atoms with E-state index in [2.05, 4.69) is 31.0 Å². The zero-order valence-electron chi connectivity index (χ0n) is 21.7. The third-order valence-corrected chi connectivity index (χ3v) is 8.37. The van der Waals surface area contributed by atoms with E-state index in [4.69, 9.17) is 0 Å². The number of nitrogens with one attached hydrogen (secondary N) is 1. The Morgan fingerprint density at radius 2 is 1.72 bits per heavy atom. The van der Waals surface area contributed by atoms with Crippen molar-refractivity contribution in [1.82, 2.24) is 15.1 Å². The van der Waals surface area contributed by atoms with Gasteiger partial charge in [0.1, 0.15) is 17.1 Å². The minimum absolute atomic E-state index is 0.162. The van der Waals surface area contributed by atoms with Gasteiger partial charge in [0.2, 0.25) is 5.91 Å². The Hall–Kier alpha value is -1.88. The van der Waals surface area contributed by atoms with Gasteiger partial charge >= 0.3 is 5.97 Å². The molecule has 8 nitrogen and oxygen atoms in total. The van der Waals surface area contributed by atoms with Crippen molar-refractivity contribution in [2.45, 2.75) is 77.1 Å². The highest BCUT2D eigenvalue weighted by atomic mass is 32.2. The Morgan fingerprint density at radius 3 is 2.19 bits per heavy atom. The lowest BCUT2D eigenvalue weighted by Gasteiger charge is -2.49. The van der Waals surface area contributed by atoms with Gasteiger partial charge in [0.05, 0.1) is 13.0 Å². The molecule has 3 heterocycles. The Kier molecular flexibility index (Phi) is 13.5. The first-order chi connectivity index (χ1) is 17.4. The molecule has 2 amide bonds. The fourth-order valence-electron chi connectivity index (χ4n) is 4.08. The third-order valence-electron chi connectivity index (χ3n) is 6.16. The number of thiophene rings is 1. The molecule has 2 aliphatic rings. The molecule has 1 aromatic rings. The Bertz CT molecular complexity index is 856. The van der Waals surface area contributed by atoms with Gasteiger partial charge in [-0.3, -0.25) is 14.5 Å². The number of carbonyl (C=O) groups excluding carboxylic acids is 2. The minimum atomic E-state index is -1.24. The van der Waals surface area contributed by atoms with Crippen LogP contribution >= 0.6 is 23.1 Å². The molecule has 1 fully saturated rings. The van der Waals surface area contributed by atoms with Crippen LogP contribution in [0.1, 0.15) is 64.2 Å². The average molecular weight is 540 g/mol. The number of aliphatic hydroxyl groups is 1. The Balaban J connectivity index is 0.000000302. The van der Waals surface area contributed by atoms with E-state index in [0.29, 0.717) is 11.3 Å². The number of rotatable bonds is 14. The van der Waals surface area contributed by atoms with Crippen LogP contribution in [0.4, 0.5) is 0 Å². The van der Waals surface area contributed by atoms with E-state index in [1.54, 1.807) is 0 Å². The van der Waals surface area contributed by atoms with Crippen LogP contribution in [0, 0.1) is 0 Å². The van der Waals surface area contributed by atoms with Gasteiger partial charge in [0.25, 0.3) is 5.91 Å². The summed E-state index contributed by atoms with van der Waals surface area (Å²) >= 11 is 2.80. The van der Waals surface area contributed by atoms with Crippen LogP contribution in [0.25, 0.3) is 0 Å². The smallest absolute Gasteiger partial charge is 0.352 e. The zero-order valence-corrected chi connectivity index (χ0v) is 23.3. The average Bonchev–Trinajstić information content (AvgIpc) is 3.39. The van der Waals surface area contributed by atoms with Crippen LogP contribution in [-0.4, -0.2) is 81.2 Å². The summed E-state index contributed by atoms with van der Waals surface area (Å²) in [5.41, 5.74) is 0.153. The number of aliphatic hydroxyl groups excluding tert-OH is 1. The van der Waals surface area contributed by atoms with Crippen LogP contribution < -0.4 is 5.32 Å². The number of amides is 2. The third kappa shape index (κ3) is 8.61. The van der Waals surface area contributed by atoms with Gasteiger partial charge in [0.15, 0.2) is 0 Å². The first-order valence-corrected chi connectivity index (χ1v) is 14.9. The number of aliphatic carboxylic acids is 1. The topological polar surface area (TPSA) is 110 Å². The normalized spacial score (nSPS) is 18.9. The highest BCUT2D eigenvalue weighted by Gasteiger charge is 2.54. The molecule has 10 heteroatoms. The van der Waals surface area contributed by atoms with Gasteiger partial charge < -0.3 is 20.4 Å². The molecule has 1 saturated heterocycles. The van der Waals surface area contributed by atoms with E-state index < -0.39 is 29.9 Å². The minimum Gasteiger partial charge on any atom is -0.477 e. The lowest BCUT2D eigenvalue weighted by Crippen LogP contribution is -2.70. The highest BCUT2D eigenvalue weighted by Crippen LogP contribution is 2.40. The number of thioether (sulfide) groups is 1. The van der Waals surface area contributed by atoms with Gasteiger partial charge in [-0.15, -0.1) is 23.1 Å². The quantitative estimate of drug-likeness (QED) is 0.309. The highest BCUT2D eigenvalue weighted by molar-refractivity contribution is 8.00. The predicted octanol–water partition coefficient (Wildman–Crippen LogP) is 3.71. The van der Waals surface area contributed by atoms with E-state index in [0.717, 1.165) is 9.78 Å². The fourth-order valence-corrected chi connectivity index (χ4v) is 6.12. The van der Waals surface area contributed by atoms with Gasteiger partial charge in [-0.05, 0) is 55.9 Å². The fraction of sp³-hybridized carbons (Fsp3) is 0.654. The number of nitrogens with zero attached hydrogens (tertiary/aromatic N) is 2. The SMILES string of the molecule is CCCCN(CCCC)CCCC.O=C(Cc1cccs1)N[C@@H]1C(=O)N2C(C(=O)O)=C(CO)CS[C@H]12. The lowest BCUT2D eigenvalue weighted by atomic mass is 10.0. The van der Waals surface area contributed by atoms with Crippen molar-refractivity contribution in [3.63, 3.8) is 0 Å². The van der Waals surface area contributed by atoms with Gasteiger partial charge in [-0.1, -0.05) is 46.1 Å². The second-order valence-corrected chi connectivity index (χ2v) is 11.2. The molecule has 202 valence electrons. The molecule has 0 spiro atoms. The van der Waals surface area contributed by atoms with Crippen molar-refractivity contribution >= 4 is 40.9 Å². The largest absolute Gasteiger partial charge is 0.477 e. The standard InChI is InChI=1S/C14H14N2O5S2.C12H27N/c17-5-7-6-23-13-10(12(19)16(13)11(7)14(20)21)15-9(18)4-8-2-1-3-22-8;1-4-7-10-13(11-8-5-2)12-9-6-3/h1-3,10,13,17H,4-6H2,(H,15,18)(H,20,21);4-12H2,1-3H3/t10-,13-;/m1./s1. The summed E-state index contributed by atoms with van der Waals surface area (Å²) in [7, 11) is 0. The van der Waals surface area contributed by atoms with E-state index in [-0.39, 0.29) is 18.0 Å². The van der Waals surface area contributed by atoms with E-state index in [1.807, 2.05) is 17.5 Å². The summed E-state index contributed by atoms with van der Waals surface area (Å²) < 4.78 is 0. The molecule has 1 aromatic heterocycles. The van der Waals surface area contributed by atoms with Crippen molar-refractivity contribution < 1.29 is 24.6 Å². The number of hydrogen-bond donors (Lipinski definition) is 3. The number of fused-ring (bicyclic) bond motifs is 1. The molecule has 0 aliphatic carbocycles. The van der Waals surface area contributed by atoms with Crippen molar-refractivity contribution in [2.24, 2.45) is 0 Å². The van der Waals surface area contributed by atoms with Crippen molar-refractivity contribution in [3.8, 4) is 0 Å². The van der Waals surface area contributed by atoms with E-state index in [1.165, 1.54) is 81.3 Å². The van der Waals surface area contributed by atoms with Crippen LogP contribution in [0.5, 0.6) is 0 Å². The number of carbonyl (C=O) groups is 3. The van der Waals surface area contributed by atoms with E-state index in [9.17, 15) is 24.6 Å². The summed E-state index contributed by atoms with van der Waals surface area (Å²) in [6.45, 7) is 10.4. The number of carboxylic acid groups (broad SMARTS) is 1. The molecule has 0 saturated carbocycles. The number of hydrogen-bond acceptors (Lipinski definition) is 7. The first-order valence-electron chi connectivity index (χ1n) is 12.9. The molecular formula is C26H41N3O5S2. The predicted molar refractivity (Wildman–Crippen MR) is 146 cm³/mol. The van der Waals surface area contributed by atoms with Crippen molar-refractivity contribution in [2.75, 3.05) is 32.0 Å².